The number of aliphatic hydroxyl groups excluding tert-OH is 1. The molecule has 12 heteroatoms. The lowest BCUT2D eigenvalue weighted by atomic mass is 9.53. The van der Waals surface area contributed by atoms with Crippen molar-refractivity contribution < 1.29 is 24.5 Å². The number of urea groups is 1. The molecule has 3 aromatic carbocycles. The van der Waals surface area contributed by atoms with Gasteiger partial charge in [0, 0.05) is 29.0 Å². The van der Waals surface area contributed by atoms with Gasteiger partial charge in [0.25, 0.3) is 0 Å². The van der Waals surface area contributed by atoms with E-state index in [1.54, 1.807) is 28.9 Å². The van der Waals surface area contributed by atoms with Gasteiger partial charge in [-0.1, -0.05) is 48.2 Å². The van der Waals surface area contributed by atoms with E-state index in [9.17, 15) is 15.0 Å². The van der Waals surface area contributed by atoms with E-state index in [4.69, 9.17) is 9.47 Å². The third kappa shape index (κ3) is 6.67. The molecule has 0 spiro atoms. The maximum atomic E-state index is 13.2. The molecule has 48 heavy (non-hydrogen) atoms. The van der Waals surface area contributed by atoms with E-state index >= 15 is 0 Å². The summed E-state index contributed by atoms with van der Waals surface area (Å²) in [7, 11) is 0. The molecule has 0 radical (unpaired) electrons. The van der Waals surface area contributed by atoms with E-state index in [0.29, 0.717) is 17.3 Å². The van der Waals surface area contributed by atoms with Gasteiger partial charge in [-0.05, 0) is 114 Å². The van der Waals surface area contributed by atoms with Crippen LogP contribution in [0.2, 0.25) is 0 Å². The van der Waals surface area contributed by atoms with Crippen LogP contribution >= 0.6 is 11.8 Å². The Labute approximate surface area is 283 Å². The zero-order valence-electron chi connectivity index (χ0n) is 26.6. The van der Waals surface area contributed by atoms with Crippen LogP contribution in [0.4, 0.5) is 10.5 Å². The van der Waals surface area contributed by atoms with Crippen LogP contribution in [0.15, 0.2) is 78.0 Å². The van der Waals surface area contributed by atoms with Crippen molar-refractivity contribution in [1.82, 2.24) is 25.5 Å². The molecule has 1 aromatic heterocycles. The fourth-order valence-electron chi connectivity index (χ4n) is 8.61. The van der Waals surface area contributed by atoms with Gasteiger partial charge in [0.1, 0.15) is 5.75 Å². The normalized spacial score (nSPS) is 29.1. The first-order valence-electron chi connectivity index (χ1n) is 16.8. The smallest absolute Gasteiger partial charge is 0.319 e. The van der Waals surface area contributed by atoms with Crippen molar-refractivity contribution in [2.45, 2.75) is 80.7 Å². The summed E-state index contributed by atoms with van der Waals surface area (Å²) in [6, 6.07) is 22.1. The Hall–Kier alpha value is -3.97. The zero-order chi connectivity index (χ0) is 32.7. The highest BCUT2D eigenvalue weighted by Crippen LogP contribution is 2.55. The van der Waals surface area contributed by atoms with Crippen molar-refractivity contribution in [3.63, 3.8) is 0 Å². The molecule has 11 nitrogen and oxygen atoms in total. The van der Waals surface area contributed by atoms with Crippen LogP contribution in [0.3, 0.4) is 0 Å². The first-order valence-corrected chi connectivity index (χ1v) is 17.8. The second-order valence-electron chi connectivity index (χ2n) is 13.9. The Morgan fingerprint density at radius 2 is 1.54 bits per heavy atom. The topological polar surface area (TPSA) is 144 Å². The number of aromatic hydroxyl groups is 1. The SMILES string of the molecule is O=C(Nc1ccc([C@H]2O[C@@H](CSc3nnnn3-c3ccc(O)cc3)C[C@@H](c3ccc(CO)cc3)O2)cc1)NC12CC3CC(CC(C3)C1)C2. The molecule has 1 aliphatic heterocycles. The van der Waals surface area contributed by atoms with E-state index in [1.807, 2.05) is 48.5 Å². The lowest BCUT2D eigenvalue weighted by molar-refractivity contribution is -0.245. The average Bonchev–Trinajstić information content (AvgIpc) is 3.56. The number of carbonyl (C=O) groups is 1. The standard InChI is InChI=1S/C36H40N6O5S/c43-20-22-1-3-26(4-2-22)32-16-31(21-48-35-39-40-41-42(35)29-9-11-30(44)12-10-29)46-33(47-32)27-5-7-28(8-6-27)37-34(45)38-36-17-23-13-24(18-36)15-25(14-23)19-36/h1-12,23-25,31-33,43-44H,13-21H2,(H2,37,38,45)/t23?,24?,25?,31-,32+,33+,36?/m1/s1. The van der Waals surface area contributed by atoms with Crippen LogP contribution in [0, 0.1) is 17.8 Å². The number of ether oxygens (including phenoxy) is 2. The summed E-state index contributed by atoms with van der Waals surface area (Å²) in [6.07, 6.45) is 6.89. The largest absolute Gasteiger partial charge is 0.508 e. The van der Waals surface area contributed by atoms with Gasteiger partial charge >= 0.3 is 6.03 Å². The predicted octanol–water partition coefficient (Wildman–Crippen LogP) is 6.29. The molecule has 5 fully saturated rings. The van der Waals surface area contributed by atoms with Gasteiger partial charge in [-0.15, -0.1) is 5.10 Å². The number of thioether (sulfide) groups is 1. The minimum atomic E-state index is -0.630. The molecule has 5 aliphatic rings. The summed E-state index contributed by atoms with van der Waals surface area (Å²) in [5.41, 5.74) is 4.11. The molecule has 250 valence electrons. The minimum Gasteiger partial charge on any atom is -0.508 e. The number of hydrogen-bond donors (Lipinski definition) is 4. The molecule has 1 saturated heterocycles. The highest BCUT2D eigenvalue weighted by atomic mass is 32.2. The fraction of sp³-hybridized carbons (Fsp3) is 0.444. The number of aromatic nitrogens is 4. The van der Waals surface area contributed by atoms with Gasteiger partial charge in [-0.3, -0.25) is 0 Å². The van der Waals surface area contributed by atoms with Crippen LogP contribution in [0.25, 0.3) is 5.69 Å². The van der Waals surface area contributed by atoms with Crippen molar-refractivity contribution >= 4 is 23.5 Å². The van der Waals surface area contributed by atoms with Crippen LogP contribution < -0.4 is 10.6 Å². The second-order valence-corrected chi connectivity index (χ2v) is 14.9. The number of rotatable bonds is 9. The third-order valence-electron chi connectivity index (χ3n) is 10.4. The summed E-state index contributed by atoms with van der Waals surface area (Å²) in [4.78, 5) is 13.2. The van der Waals surface area contributed by atoms with Crippen molar-refractivity contribution in [3.05, 3.63) is 89.5 Å². The molecule has 4 N–H and O–H groups in total. The molecule has 4 aromatic rings. The molecule has 9 rings (SSSR count). The molecule has 0 unspecified atom stereocenters. The van der Waals surface area contributed by atoms with E-state index in [1.165, 1.54) is 31.0 Å². The molecule has 4 saturated carbocycles. The van der Waals surface area contributed by atoms with E-state index in [0.717, 1.165) is 65.1 Å². The first kappa shape index (κ1) is 31.3. The summed E-state index contributed by atoms with van der Waals surface area (Å²) in [5, 5.41) is 38.5. The Balaban J connectivity index is 0.951. The van der Waals surface area contributed by atoms with E-state index in [2.05, 4.69) is 26.2 Å². The average molecular weight is 669 g/mol. The van der Waals surface area contributed by atoms with Gasteiger partial charge in [0.05, 0.1) is 24.5 Å². The van der Waals surface area contributed by atoms with Crippen LogP contribution in [0.1, 0.15) is 74.0 Å². The number of hydrogen-bond acceptors (Lipinski definition) is 9. The van der Waals surface area contributed by atoms with Crippen molar-refractivity contribution in [2.24, 2.45) is 17.8 Å². The molecular formula is C36H40N6O5S. The molecule has 3 atom stereocenters. The number of tetrazole rings is 1. The number of nitrogens with zero attached hydrogens (tertiary/aromatic N) is 4. The van der Waals surface area contributed by atoms with Gasteiger partial charge < -0.3 is 30.3 Å². The van der Waals surface area contributed by atoms with Crippen molar-refractivity contribution in [1.29, 1.82) is 0 Å². The fourth-order valence-corrected chi connectivity index (χ4v) is 9.51. The number of phenols is 1. The third-order valence-corrected chi connectivity index (χ3v) is 11.5. The van der Waals surface area contributed by atoms with Crippen LogP contribution in [-0.4, -0.2) is 53.8 Å². The number of carbonyl (C=O) groups excluding carboxylic acids is 1. The number of amides is 2. The second kappa shape index (κ2) is 13.1. The molecule has 4 bridgehead atoms. The van der Waals surface area contributed by atoms with Gasteiger partial charge in [-0.2, -0.15) is 4.68 Å². The number of nitrogens with one attached hydrogen (secondary N) is 2. The quantitative estimate of drug-likeness (QED) is 0.151. The predicted molar refractivity (Wildman–Crippen MR) is 179 cm³/mol. The number of aliphatic hydroxyl groups is 1. The minimum absolute atomic E-state index is 0.0203. The maximum Gasteiger partial charge on any atom is 0.319 e. The Kier molecular flexibility index (Phi) is 8.58. The van der Waals surface area contributed by atoms with Gasteiger partial charge in [-0.25, -0.2) is 4.79 Å². The van der Waals surface area contributed by atoms with E-state index in [-0.39, 0.29) is 36.1 Å². The molecule has 2 heterocycles. The Morgan fingerprint density at radius 3 is 2.21 bits per heavy atom. The number of anilines is 1. The highest BCUT2D eigenvalue weighted by molar-refractivity contribution is 7.99. The van der Waals surface area contributed by atoms with Crippen LogP contribution in [0.5, 0.6) is 5.75 Å². The molecule has 2 amide bonds. The van der Waals surface area contributed by atoms with E-state index < -0.39 is 6.29 Å². The summed E-state index contributed by atoms with van der Waals surface area (Å²) < 4.78 is 14.7. The summed E-state index contributed by atoms with van der Waals surface area (Å²) >= 11 is 1.49. The number of phenolic OH excluding ortho intramolecular Hbond substituents is 1. The Bertz CT molecular complexity index is 1700. The summed E-state index contributed by atoms with van der Waals surface area (Å²) in [6.45, 7) is -0.0203. The monoisotopic (exact) mass is 668 g/mol. The molecular weight excluding hydrogens is 629 g/mol. The lowest BCUT2D eigenvalue weighted by Gasteiger charge is -2.56. The van der Waals surface area contributed by atoms with Crippen LogP contribution in [-0.2, 0) is 16.1 Å². The maximum absolute atomic E-state index is 13.2. The van der Waals surface area contributed by atoms with Gasteiger partial charge in [0.2, 0.25) is 5.16 Å². The Morgan fingerprint density at radius 1 is 0.875 bits per heavy atom. The first-order chi connectivity index (χ1) is 23.4. The highest BCUT2D eigenvalue weighted by Gasteiger charge is 2.51. The van der Waals surface area contributed by atoms with Gasteiger partial charge in [0.15, 0.2) is 6.29 Å². The van der Waals surface area contributed by atoms with Crippen molar-refractivity contribution in [3.8, 4) is 11.4 Å². The lowest BCUT2D eigenvalue weighted by Crippen LogP contribution is -2.60. The zero-order valence-corrected chi connectivity index (χ0v) is 27.4. The molecule has 4 aliphatic carbocycles. The number of benzene rings is 3. The summed E-state index contributed by atoms with van der Waals surface area (Å²) in [5.74, 6) is 3.04. The van der Waals surface area contributed by atoms with Crippen molar-refractivity contribution in [2.75, 3.05) is 11.1 Å².